The zero-order valence-corrected chi connectivity index (χ0v) is 13.8. The summed E-state index contributed by atoms with van der Waals surface area (Å²) in [7, 11) is 0. The van der Waals surface area contributed by atoms with Crippen LogP contribution in [0, 0.1) is 0 Å². The van der Waals surface area contributed by atoms with Crippen LogP contribution in [-0.4, -0.2) is 24.0 Å². The maximum absolute atomic E-state index is 11.9. The van der Waals surface area contributed by atoms with Gasteiger partial charge in [-0.3, -0.25) is 4.90 Å². The normalized spacial score (nSPS) is 10.7. The molecule has 23 heavy (non-hydrogen) atoms. The van der Waals surface area contributed by atoms with Crippen LogP contribution in [0.15, 0.2) is 48.5 Å². The smallest absolute Gasteiger partial charge is 0.338 e. The molecule has 4 heteroatoms. The van der Waals surface area contributed by atoms with Crippen LogP contribution < -0.4 is 5.73 Å². The molecule has 0 heterocycles. The summed E-state index contributed by atoms with van der Waals surface area (Å²) in [5, 5.41) is 0. The van der Waals surface area contributed by atoms with E-state index >= 15 is 0 Å². The molecule has 2 aromatic carbocycles. The number of carbonyl (C=O) groups is 1. The second kappa shape index (κ2) is 8.34. The van der Waals surface area contributed by atoms with E-state index in [0.717, 1.165) is 18.7 Å². The third kappa shape index (κ3) is 4.83. The Kier molecular flexibility index (Phi) is 6.18. The van der Waals surface area contributed by atoms with Gasteiger partial charge in [-0.25, -0.2) is 4.79 Å². The molecule has 0 aromatic heterocycles. The molecule has 0 aliphatic rings. The average Bonchev–Trinajstić information content (AvgIpc) is 2.57. The van der Waals surface area contributed by atoms with Crippen molar-refractivity contribution in [1.29, 1.82) is 0 Å². The Morgan fingerprint density at radius 3 is 2.48 bits per heavy atom. The number of nitrogens with two attached hydrogens (primary N) is 1. The van der Waals surface area contributed by atoms with Crippen LogP contribution in [0.2, 0.25) is 0 Å². The van der Waals surface area contributed by atoms with E-state index in [0.29, 0.717) is 24.4 Å². The van der Waals surface area contributed by atoms with E-state index in [-0.39, 0.29) is 5.97 Å². The van der Waals surface area contributed by atoms with E-state index in [9.17, 15) is 4.79 Å². The van der Waals surface area contributed by atoms with Crippen molar-refractivity contribution in [3.63, 3.8) is 0 Å². The van der Waals surface area contributed by atoms with E-state index in [2.05, 4.69) is 24.0 Å². The van der Waals surface area contributed by atoms with Crippen molar-refractivity contribution in [3.8, 4) is 0 Å². The summed E-state index contributed by atoms with van der Waals surface area (Å²) in [4.78, 5) is 14.2. The molecular weight excluding hydrogens is 288 g/mol. The van der Waals surface area contributed by atoms with Crippen molar-refractivity contribution in [1.82, 2.24) is 4.90 Å². The molecule has 0 saturated heterocycles. The SMILES string of the molecule is CCOC(=O)c1ccc(N)c(CN(CC)Cc2ccccc2)c1. The average molecular weight is 312 g/mol. The summed E-state index contributed by atoms with van der Waals surface area (Å²) in [6, 6.07) is 15.6. The fourth-order valence-electron chi connectivity index (χ4n) is 2.45. The first-order chi connectivity index (χ1) is 11.1. The third-order valence-corrected chi connectivity index (χ3v) is 3.74. The zero-order valence-electron chi connectivity index (χ0n) is 13.8. The van der Waals surface area contributed by atoms with E-state index in [1.165, 1.54) is 5.56 Å². The Morgan fingerprint density at radius 1 is 1.09 bits per heavy atom. The Morgan fingerprint density at radius 2 is 1.83 bits per heavy atom. The summed E-state index contributed by atoms with van der Waals surface area (Å²) < 4.78 is 5.06. The van der Waals surface area contributed by atoms with Crippen molar-refractivity contribution in [3.05, 3.63) is 65.2 Å². The topological polar surface area (TPSA) is 55.6 Å². The third-order valence-electron chi connectivity index (χ3n) is 3.74. The number of carbonyl (C=O) groups excluding carboxylic acids is 1. The molecule has 2 N–H and O–H groups in total. The van der Waals surface area contributed by atoms with Gasteiger partial charge < -0.3 is 10.5 Å². The monoisotopic (exact) mass is 312 g/mol. The molecule has 0 unspecified atom stereocenters. The number of ether oxygens (including phenoxy) is 1. The zero-order chi connectivity index (χ0) is 16.7. The van der Waals surface area contributed by atoms with Crippen LogP contribution in [0.4, 0.5) is 5.69 Å². The molecule has 0 saturated carbocycles. The van der Waals surface area contributed by atoms with Gasteiger partial charge in [0.1, 0.15) is 0 Å². The molecule has 0 bridgehead atoms. The number of esters is 1. The van der Waals surface area contributed by atoms with Crippen molar-refractivity contribution in [2.45, 2.75) is 26.9 Å². The van der Waals surface area contributed by atoms with Gasteiger partial charge >= 0.3 is 5.97 Å². The van der Waals surface area contributed by atoms with Gasteiger partial charge in [-0.05, 0) is 42.8 Å². The number of hydrogen-bond donors (Lipinski definition) is 1. The van der Waals surface area contributed by atoms with Gasteiger partial charge in [0, 0.05) is 18.8 Å². The minimum absolute atomic E-state index is 0.306. The van der Waals surface area contributed by atoms with E-state index in [1.807, 2.05) is 24.3 Å². The molecule has 0 aliphatic heterocycles. The lowest BCUT2D eigenvalue weighted by atomic mass is 10.1. The number of nitrogen functional groups attached to an aromatic ring is 1. The number of benzene rings is 2. The maximum atomic E-state index is 11.9. The van der Waals surface area contributed by atoms with Crippen molar-refractivity contribution >= 4 is 11.7 Å². The number of rotatable bonds is 7. The first-order valence-corrected chi connectivity index (χ1v) is 7.95. The van der Waals surface area contributed by atoms with Crippen LogP contribution in [0.25, 0.3) is 0 Å². The molecule has 0 radical (unpaired) electrons. The molecule has 4 nitrogen and oxygen atoms in total. The number of hydrogen-bond acceptors (Lipinski definition) is 4. The van der Waals surface area contributed by atoms with Crippen molar-refractivity contribution < 1.29 is 9.53 Å². The molecule has 2 rings (SSSR count). The maximum Gasteiger partial charge on any atom is 0.338 e. The van der Waals surface area contributed by atoms with Crippen molar-refractivity contribution in [2.24, 2.45) is 0 Å². The Bertz CT molecular complexity index is 641. The Labute approximate surface area is 137 Å². The van der Waals surface area contributed by atoms with Crippen LogP contribution in [0.1, 0.15) is 35.3 Å². The van der Waals surface area contributed by atoms with E-state index in [4.69, 9.17) is 10.5 Å². The molecule has 0 spiro atoms. The van der Waals surface area contributed by atoms with Gasteiger partial charge in [0.25, 0.3) is 0 Å². The number of nitrogens with zero attached hydrogens (tertiary/aromatic N) is 1. The quantitative estimate of drug-likeness (QED) is 0.628. The van der Waals surface area contributed by atoms with Crippen LogP contribution in [-0.2, 0) is 17.8 Å². The minimum atomic E-state index is -0.306. The largest absolute Gasteiger partial charge is 0.462 e. The fourth-order valence-corrected chi connectivity index (χ4v) is 2.45. The van der Waals surface area contributed by atoms with Gasteiger partial charge in [-0.2, -0.15) is 0 Å². The van der Waals surface area contributed by atoms with Crippen LogP contribution in [0.3, 0.4) is 0 Å². The first-order valence-electron chi connectivity index (χ1n) is 7.95. The minimum Gasteiger partial charge on any atom is -0.462 e. The predicted molar refractivity (Wildman–Crippen MR) is 93.0 cm³/mol. The first kappa shape index (κ1) is 17.0. The molecule has 0 fully saturated rings. The van der Waals surface area contributed by atoms with Gasteiger partial charge in [-0.1, -0.05) is 37.3 Å². The molecule has 0 atom stereocenters. The lowest BCUT2D eigenvalue weighted by Gasteiger charge is -2.22. The second-order valence-corrected chi connectivity index (χ2v) is 5.42. The van der Waals surface area contributed by atoms with Gasteiger partial charge in [0.15, 0.2) is 0 Å². The highest BCUT2D eigenvalue weighted by molar-refractivity contribution is 5.90. The lowest BCUT2D eigenvalue weighted by Crippen LogP contribution is -2.23. The highest BCUT2D eigenvalue weighted by Gasteiger charge is 2.12. The van der Waals surface area contributed by atoms with Gasteiger partial charge in [0.05, 0.1) is 12.2 Å². The Balaban J connectivity index is 2.13. The molecule has 0 aliphatic carbocycles. The Hall–Kier alpha value is -2.33. The second-order valence-electron chi connectivity index (χ2n) is 5.42. The molecule has 122 valence electrons. The van der Waals surface area contributed by atoms with Gasteiger partial charge in [-0.15, -0.1) is 0 Å². The molecule has 0 amide bonds. The predicted octanol–water partition coefficient (Wildman–Crippen LogP) is 3.47. The fraction of sp³-hybridized carbons (Fsp3) is 0.316. The highest BCUT2D eigenvalue weighted by atomic mass is 16.5. The summed E-state index contributed by atoms with van der Waals surface area (Å²) in [6.07, 6.45) is 0. The highest BCUT2D eigenvalue weighted by Crippen LogP contribution is 2.18. The number of anilines is 1. The van der Waals surface area contributed by atoms with E-state index < -0.39 is 0 Å². The van der Waals surface area contributed by atoms with Crippen LogP contribution >= 0.6 is 0 Å². The van der Waals surface area contributed by atoms with Crippen molar-refractivity contribution in [2.75, 3.05) is 18.9 Å². The summed E-state index contributed by atoms with van der Waals surface area (Å²) in [6.45, 7) is 6.74. The summed E-state index contributed by atoms with van der Waals surface area (Å²) in [5.74, 6) is -0.306. The standard InChI is InChI=1S/C19H24N2O2/c1-3-21(13-15-8-6-5-7-9-15)14-17-12-16(10-11-18(17)20)19(22)23-4-2/h5-12H,3-4,13-14,20H2,1-2H3. The van der Waals surface area contributed by atoms with Crippen LogP contribution in [0.5, 0.6) is 0 Å². The summed E-state index contributed by atoms with van der Waals surface area (Å²) >= 11 is 0. The van der Waals surface area contributed by atoms with Gasteiger partial charge in [0.2, 0.25) is 0 Å². The molecular formula is C19H24N2O2. The van der Waals surface area contributed by atoms with E-state index in [1.54, 1.807) is 19.1 Å². The summed E-state index contributed by atoms with van der Waals surface area (Å²) in [5.41, 5.74) is 9.54. The molecule has 2 aromatic rings. The lowest BCUT2D eigenvalue weighted by molar-refractivity contribution is 0.0526.